The summed E-state index contributed by atoms with van der Waals surface area (Å²) in [5.74, 6) is 0.138. The Morgan fingerprint density at radius 1 is 0.843 bits per heavy atom. The standard InChI is InChI=1S/C43H55N3O5/c1-31-20-23-45-41(27-31)44-22-9-8-15-42(49)46-39(30-51-26-25-50-24-21-43(3,4)5)40(48)29-36(28-32(2)47)33-16-18-35(19-17-33)38-14-10-12-34-11-6-7-13-37(34)38/h6-7,10-14,16-20,23,27,36,39H,8-9,15,21-22,24-26,28-30H2,1-5H3,(H,44,45)(H,46,49)/t36-,39+/m1/s1. The van der Waals surface area contributed by atoms with Crippen molar-refractivity contribution in [3.05, 3.63) is 96.2 Å². The molecular weight excluding hydrogens is 638 g/mol. The number of amides is 1. The van der Waals surface area contributed by atoms with Gasteiger partial charge in [-0.3, -0.25) is 9.59 Å². The molecule has 4 aromatic rings. The van der Waals surface area contributed by atoms with Gasteiger partial charge in [-0.2, -0.15) is 0 Å². The van der Waals surface area contributed by atoms with E-state index in [9.17, 15) is 14.4 Å². The molecule has 2 N–H and O–H groups in total. The van der Waals surface area contributed by atoms with Gasteiger partial charge in [0.25, 0.3) is 0 Å². The zero-order valence-corrected chi connectivity index (χ0v) is 31.0. The van der Waals surface area contributed by atoms with Crippen molar-refractivity contribution in [3.63, 3.8) is 0 Å². The van der Waals surface area contributed by atoms with Crippen molar-refractivity contribution in [2.45, 2.75) is 85.1 Å². The van der Waals surface area contributed by atoms with E-state index in [1.165, 1.54) is 10.8 Å². The minimum absolute atomic E-state index is 0.00430. The van der Waals surface area contributed by atoms with Crippen molar-refractivity contribution in [2.75, 3.05) is 38.3 Å². The maximum atomic E-state index is 13.9. The third-order valence-electron chi connectivity index (χ3n) is 8.89. The molecule has 0 aliphatic carbocycles. The molecule has 1 amide bonds. The van der Waals surface area contributed by atoms with Crippen LogP contribution in [0.15, 0.2) is 85.1 Å². The fourth-order valence-electron chi connectivity index (χ4n) is 5.99. The van der Waals surface area contributed by atoms with Gasteiger partial charge in [-0.05, 0) is 89.6 Å². The van der Waals surface area contributed by atoms with Gasteiger partial charge in [-0.1, -0.05) is 87.5 Å². The number of carbonyl (C=O) groups is 3. The number of rotatable bonds is 21. The summed E-state index contributed by atoms with van der Waals surface area (Å²) in [4.78, 5) is 43.6. The van der Waals surface area contributed by atoms with Crippen molar-refractivity contribution in [1.82, 2.24) is 10.3 Å². The van der Waals surface area contributed by atoms with E-state index in [4.69, 9.17) is 9.47 Å². The summed E-state index contributed by atoms with van der Waals surface area (Å²) in [5, 5.41) is 8.57. The molecule has 4 rings (SSSR count). The summed E-state index contributed by atoms with van der Waals surface area (Å²) >= 11 is 0. The molecule has 3 aromatic carbocycles. The number of benzene rings is 3. The van der Waals surface area contributed by atoms with E-state index in [0.717, 1.165) is 40.9 Å². The van der Waals surface area contributed by atoms with Crippen molar-refractivity contribution in [3.8, 4) is 11.1 Å². The maximum absolute atomic E-state index is 13.9. The summed E-state index contributed by atoms with van der Waals surface area (Å²) in [6.45, 7) is 12.2. The molecule has 0 aliphatic heterocycles. The second kappa shape index (κ2) is 19.8. The number of anilines is 1. The normalized spacial score (nSPS) is 12.7. The zero-order valence-electron chi connectivity index (χ0n) is 31.0. The number of hydrogen-bond acceptors (Lipinski definition) is 7. The summed E-state index contributed by atoms with van der Waals surface area (Å²) in [6.07, 6.45) is 4.76. The highest BCUT2D eigenvalue weighted by atomic mass is 16.5. The Bertz CT molecular complexity index is 1710. The first-order valence-electron chi connectivity index (χ1n) is 18.2. The van der Waals surface area contributed by atoms with Crippen LogP contribution in [0.1, 0.15) is 83.3 Å². The van der Waals surface area contributed by atoms with Crippen LogP contribution in [0.5, 0.6) is 0 Å². The van der Waals surface area contributed by atoms with E-state index in [2.05, 4.69) is 78.9 Å². The fraction of sp³-hybridized carbons (Fsp3) is 0.442. The van der Waals surface area contributed by atoms with Crippen molar-refractivity contribution < 1.29 is 23.9 Å². The van der Waals surface area contributed by atoms with Gasteiger partial charge in [0.1, 0.15) is 17.6 Å². The van der Waals surface area contributed by atoms with Crippen LogP contribution in [0.25, 0.3) is 21.9 Å². The molecule has 1 aromatic heterocycles. The van der Waals surface area contributed by atoms with E-state index in [1.807, 2.05) is 43.3 Å². The number of nitrogens with one attached hydrogen (secondary N) is 2. The SMILES string of the molecule is CC(=O)C[C@H](CC(=O)[C@H](COCCOCCC(C)(C)C)NC(=O)CCCCNc1cc(C)ccn1)c1ccc(-c2cccc3ccccc23)cc1. The van der Waals surface area contributed by atoms with Gasteiger partial charge in [-0.15, -0.1) is 0 Å². The monoisotopic (exact) mass is 693 g/mol. The number of Topliss-reactive ketones (excluding diaryl/α,β-unsaturated/α-hetero) is 2. The van der Waals surface area contributed by atoms with Crippen LogP contribution in [0.2, 0.25) is 0 Å². The van der Waals surface area contributed by atoms with Crippen LogP contribution in [0.3, 0.4) is 0 Å². The highest BCUT2D eigenvalue weighted by Crippen LogP contribution is 2.31. The van der Waals surface area contributed by atoms with Gasteiger partial charge in [0.15, 0.2) is 5.78 Å². The Labute approximate surface area is 303 Å². The predicted molar refractivity (Wildman–Crippen MR) is 206 cm³/mol. The third kappa shape index (κ3) is 13.7. The van der Waals surface area contributed by atoms with Gasteiger partial charge in [0, 0.05) is 38.6 Å². The Hall–Kier alpha value is -4.40. The number of aromatic nitrogens is 1. The van der Waals surface area contributed by atoms with Crippen molar-refractivity contribution in [1.29, 1.82) is 0 Å². The van der Waals surface area contributed by atoms with Gasteiger partial charge >= 0.3 is 0 Å². The van der Waals surface area contributed by atoms with E-state index in [-0.39, 0.29) is 54.7 Å². The lowest BCUT2D eigenvalue weighted by Gasteiger charge is -2.22. The second-order valence-corrected chi connectivity index (χ2v) is 14.6. The lowest BCUT2D eigenvalue weighted by atomic mass is 9.86. The lowest BCUT2D eigenvalue weighted by Crippen LogP contribution is -2.44. The molecule has 1 heterocycles. The molecule has 51 heavy (non-hydrogen) atoms. The smallest absolute Gasteiger partial charge is 0.220 e. The van der Waals surface area contributed by atoms with E-state index in [1.54, 1.807) is 13.1 Å². The summed E-state index contributed by atoms with van der Waals surface area (Å²) in [6, 6.07) is 25.8. The molecule has 0 spiro atoms. The molecule has 0 fully saturated rings. The molecule has 8 heteroatoms. The number of ether oxygens (including phenoxy) is 2. The van der Waals surface area contributed by atoms with Crippen molar-refractivity contribution in [2.24, 2.45) is 5.41 Å². The molecule has 272 valence electrons. The predicted octanol–water partition coefficient (Wildman–Crippen LogP) is 8.47. The molecule has 0 bridgehead atoms. The van der Waals surface area contributed by atoms with Crippen molar-refractivity contribution >= 4 is 34.1 Å². The quantitative estimate of drug-likeness (QED) is 0.0844. The molecule has 8 nitrogen and oxygen atoms in total. The number of aryl methyl sites for hydroxylation is 1. The second-order valence-electron chi connectivity index (χ2n) is 14.6. The average Bonchev–Trinajstić information content (AvgIpc) is 3.09. The van der Waals surface area contributed by atoms with Crippen LogP contribution in [-0.2, 0) is 23.9 Å². The average molecular weight is 694 g/mol. The summed E-state index contributed by atoms with van der Waals surface area (Å²) in [5.41, 5.74) is 4.42. The highest BCUT2D eigenvalue weighted by Gasteiger charge is 2.26. The van der Waals surface area contributed by atoms with E-state index >= 15 is 0 Å². The molecule has 0 saturated heterocycles. The lowest BCUT2D eigenvalue weighted by molar-refractivity contribution is -0.130. The van der Waals surface area contributed by atoms with Crippen LogP contribution >= 0.6 is 0 Å². The first-order chi connectivity index (χ1) is 24.5. The first kappa shape index (κ1) is 39.4. The fourth-order valence-corrected chi connectivity index (χ4v) is 5.99. The Kier molecular flexibility index (Phi) is 15.3. The van der Waals surface area contributed by atoms with Crippen LogP contribution in [0.4, 0.5) is 5.82 Å². The third-order valence-corrected chi connectivity index (χ3v) is 8.89. The maximum Gasteiger partial charge on any atom is 0.220 e. The van der Waals surface area contributed by atoms with Gasteiger partial charge in [0.2, 0.25) is 5.91 Å². The number of carbonyl (C=O) groups excluding carboxylic acids is 3. The van der Waals surface area contributed by atoms with Gasteiger partial charge in [0.05, 0.1) is 19.8 Å². The highest BCUT2D eigenvalue weighted by molar-refractivity contribution is 5.96. The first-order valence-corrected chi connectivity index (χ1v) is 18.2. The van der Waals surface area contributed by atoms with Gasteiger partial charge in [-0.25, -0.2) is 4.98 Å². The molecule has 0 aliphatic rings. The zero-order chi connectivity index (χ0) is 36.6. The Morgan fingerprint density at radius 3 is 2.33 bits per heavy atom. The van der Waals surface area contributed by atoms with Crippen LogP contribution < -0.4 is 10.6 Å². The van der Waals surface area contributed by atoms with Crippen LogP contribution in [0, 0.1) is 12.3 Å². The summed E-state index contributed by atoms with van der Waals surface area (Å²) in [7, 11) is 0. The molecular formula is C43H55N3O5. The Balaban J connectivity index is 1.38. The Morgan fingerprint density at radius 2 is 1.59 bits per heavy atom. The van der Waals surface area contributed by atoms with E-state index < -0.39 is 6.04 Å². The molecule has 0 radical (unpaired) electrons. The summed E-state index contributed by atoms with van der Waals surface area (Å²) < 4.78 is 11.6. The number of pyridine rings is 1. The number of hydrogen-bond donors (Lipinski definition) is 2. The van der Waals surface area contributed by atoms with E-state index in [0.29, 0.717) is 32.8 Å². The van der Waals surface area contributed by atoms with Crippen LogP contribution in [-0.4, -0.2) is 61.5 Å². The molecule has 0 saturated carbocycles. The molecule has 2 atom stereocenters. The topological polar surface area (TPSA) is 107 Å². The molecule has 0 unspecified atom stereocenters. The minimum Gasteiger partial charge on any atom is -0.379 e. The number of nitrogens with zero attached hydrogens (tertiary/aromatic N) is 1. The minimum atomic E-state index is -0.828. The number of ketones is 2. The van der Waals surface area contributed by atoms with Gasteiger partial charge < -0.3 is 24.9 Å². The number of fused-ring (bicyclic) bond motifs is 1. The number of unbranched alkanes of at least 4 members (excludes halogenated alkanes) is 1. The largest absolute Gasteiger partial charge is 0.379 e.